The van der Waals surface area contributed by atoms with Crippen LogP contribution in [0.2, 0.25) is 5.04 Å². The first-order chi connectivity index (χ1) is 34.9. The van der Waals surface area contributed by atoms with E-state index in [2.05, 4.69) is 69.3 Å². The van der Waals surface area contributed by atoms with Crippen molar-refractivity contribution in [2.24, 2.45) is 0 Å². The zero-order valence-corrected chi connectivity index (χ0v) is 43.0. The first kappa shape index (κ1) is 52.0. The van der Waals surface area contributed by atoms with Gasteiger partial charge in [-0.15, -0.1) is 0 Å². The van der Waals surface area contributed by atoms with Gasteiger partial charge >= 0.3 is 0 Å². The van der Waals surface area contributed by atoms with Gasteiger partial charge in [0.25, 0.3) is 8.32 Å². The quantitative estimate of drug-likeness (QED) is 0.0719. The van der Waals surface area contributed by atoms with Crippen LogP contribution < -0.4 is 10.4 Å². The monoisotopic (exact) mass is 994 g/mol. The number of aliphatic hydroxyl groups is 2. The molecular weight excluding hydrogens is 925 g/mol. The van der Waals surface area contributed by atoms with Gasteiger partial charge in [-0.1, -0.05) is 203 Å². The highest BCUT2D eigenvalue weighted by atomic mass is 28.4. The van der Waals surface area contributed by atoms with Crippen LogP contribution >= 0.6 is 0 Å². The van der Waals surface area contributed by atoms with E-state index < -0.39 is 81.2 Å². The minimum atomic E-state index is -3.09. The van der Waals surface area contributed by atoms with Crippen LogP contribution in [0.15, 0.2) is 182 Å². The van der Waals surface area contributed by atoms with Crippen LogP contribution in [-0.2, 0) is 68.7 Å². The molecule has 3 fully saturated rings. The molecule has 0 spiro atoms. The first-order valence-corrected chi connectivity index (χ1v) is 27.2. The van der Waals surface area contributed by atoms with Gasteiger partial charge in [-0.2, -0.15) is 0 Å². The molecule has 6 aromatic carbocycles. The van der Waals surface area contributed by atoms with Crippen LogP contribution in [0.25, 0.3) is 0 Å². The number of aliphatic hydroxyl groups excluding tert-OH is 2. The fraction of sp³-hybridized carbons (Fsp3) is 0.400. The molecule has 3 saturated heterocycles. The summed E-state index contributed by atoms with van der Waals surface area (Å²) in [5.41, 5.74) is 3.82. The molecule has 0 aromatic heterocycles. The van der Waals surface area contributed by atoms with Crippen LogP contribution in [-0.4, -0.2) is 105 Å². The molecule has 6 aromatic rings. The third-order valence-electron chi connectivity index (χ3n) is 14.0. The van der Waals surface area contributed by atoms with E-state index in [0.29, 0.717) is 6.61 Å². The third kappa shape index (κ3) is 12.0. The Balaban J connectivity index is 1.09. The molecule has 3 aliphatic heterocycles. The standard InChI is InChI=1S/C60H70O11Si/c1-59(2,3)72(46-32-20-10-21-33-46,47-34-22-11-23-35-47)67-41-49-53-56(71-60(4,5)70-53)51(62)54(68-49)50(61)55-58(66-39-45-30-18-9-19-31-45)57(65-38-44-28-16-8-17-29-44)52(64-37-43-26-14-7-15-27-43)48(69-55)40-63-36-42-24-12-6-13-25-42/h6-35,48-58,61-62H,36-41H2,1-5H3/t48-,49-,50+,51+,52-,53+,54+,55-,56-,57+,58-/m1/s1. The fourth-order valence-electron chi connectivity index (χ4n) is 10.6. The molecule has 11 nitrogen and oxygen atoms in total. The van der Waals surface area contributed by atoms with E-state index in [-0.39, 0.29) is 38.1 Å². The van der Waals surface area contributed by atoms with Gasteiger partial charge in [-0.3, -0.25) is 0 Å². The summed E-state index contributed by atoms with van der Waals surface area (Å²) in [6.45, 7) is 11.4. The number of benzene rings is 6. The number of hydrogen-bond donors (Lipinski definition) is 2. The van der Waals surface area contributed by atoms with Crippen molar-refractivity contribution in [3.63, 3.8) is 0 Å². The molecule has 0 amide bonds. The van der Waals surface area contributed by atoms with Gasteiger partial charge < -0.3 is 52.5 Å². The van der Waals surface area contributed by atoms with Crippen molar-refractivity contribution in [1.29, 1.82) is 0 Å². The maximum Gasteiger partial charge on any atom is 0.261 e. The normalized spacial score (nSPS) is 26.7. The average molecular weight is 995 g/mol. The molecule has 11 atom stereocenters. The molecule has 0 unspecified atom stereocenters. The minimum Gasteiger partial charge on any atom is -0.405 e. The molecule has 3 heterocycles. The van der Waals surface area contributed by atoms with E-state index in [0.717, 1.165) is 32.6 Å². The molecule has 0 bridgehead atoms. The zero-order valence-electron chi connectivity index (χ0n) is 42.0. The third-order valence-corrected chi connectivity index (χ3v) is 19.0. The van der Waals surface area contributed by atoms with Crippen LogP contribution in [0.5, 0.6) is 0 Å². The Morgan fingerprint density at radius 3 is 1.38 bits per heavy atom. The van der Waals surface area contributed by atoms with E-state index in [9.17, 15) is 10.2 Å². The number of rotatable bonds is 20. The highest BCUT2D eigenvalue weighted by Gasteiger charge is 2.60. The second kappa shape index (κ2) is 23.5. The largest absolute Gasteiger partial charge is 0.405 e. The second-order valence-electron chi connectivity index (χ2n) is 20.6. The molecule has 3 aliphatic rings. The Morgan fingerprint density at radius 1 is 0.500 bits per heavy atom. The van der Waals surface area contributed by atoms with E-state index in [1.807, 2.05) is 147 Å². The lowest BCUT2D eigenvalue weighted by molar-refractivity contribution is -0.306. The lowest BCUT2D eigenvalue weighted by Crippen LogP contribution is -2.70. The molecule has 72 heavy (non-hydrogen) atoms. The maximum atomic E-state index is 13.2. The SMILES string of the molecule is CC1(C)O[C@@H]2[C@@H](O)[C@H]([C@H](O)[C@H]3O[C@H](COCc4ccccc4)[C@@H](OCc4ccccc4)[C@H](OCc4ccccc4)[C@@H]3OCc3ccccc3)O[C@H](CO[Si](c3ccccc3)(c3ccccc3)C(C)(C)C)[C@@H]2O1. The molecule has 380 valence electrons. The molecule has 0 saturated carbocycles. The fourth-order valence-corrected chi connectivity index (χ4v) is 15.2. The van der Waals surface area contributed by atoms with Crippen molar-refractivity contribution in [3.05, 3.63) is 204 Å². The number of ether oxygens (including phenoxy) is 8. The van der Waals surface area contributed by atoms with E-state index in [4.69, 9.17) is 42.3 Å². The predicted octanol–water partition coefficient (Wildman–Crippen LogP) is 8.31. The summed E-state index contributed by atoms with van der Waals surface area (Å²) in [6, 6.07) is 60.5. The molecule has 9 rings (SSSR count). The Hall–Kier alpha value is -4.90. The van der Waals surface area contributed by atoms with Crippen molar-refractivity contribution in [2.75, 3.05) is 13.2 Å². The maximum absolute atomic E-state index is 13.2. The van der Waals surface area contributed by atoms with Gasteiger partial charge in [0.05, 0.1) is 39.6 Å². The van der Waals surface area contributed by atoms with Crippen LogP contribution in [0, 0.1) is 0 Å². The van der Waals surface area contributed by atoms with Gasteiger partial charge in [0.15, 0.2) is 5.79 Å². The van der Waals surface area contributed by atoms with Crippen molar-refractivity contribution < 1.29 is 52.5 Å². The molecular formula is C60H70O11Si. The average Bonchev–Trinajstić information content (AvgIpc) is 3.74. The van der Waals surface area contributed by atoms with Gasteiger partial charge in [0, 0.05) is 0 Å². The predicted molar refractivity (Wildman–Crippen MR) is 278 cm³/mol. The Kier molecular flexibility index (Phi) is 17.0. The summed E-state index contributed by atoms with van der Waals surface area (Å²) < 4.78 is 62.1. The Labute approximate surface area is 426 Å². The number of hydrogen-bond acceptors (Lipinski definition) is 11. The van der Waals surface area contributed by atoms with Crippen molar-refractivity contribution in [1.82, 2.24) is 0 Å². The summed E-state index contributed by atoms with van der Waals surface area (Å²) >= 11 is 0. The first-order valence-electron chi connectivity index (χ1n) is 25.3. The van der Waals surface area contributed by atoms with Crippen molar-refractivity contribution >= 4 is 18.7 Å². The Bertz CT molecular complexity index is 2500. The van der Waals surface area contributed by atoms with Gasteiger partial charge in [-0.05, 0) is 51.5 Å². The molecule has 2 N–H and O–H groups in total. The smallest absolute Gasteiger partial charge is 0.261 e. The summed E-state index contributed by atoms with van der Waals surface area (Å²) in [7, 11) is -3.09. The van der Waals surface area contributed by atoms with Gasteiger partial charge in [-0.25, -0.2) is 0 Å². The zero-order chi connectivity index (χ0) is 50.1. The lowest BCUT2D eigenvalue weighted by Gasteiger charge is -2.50. The summed E-state index contributed by atoms with van der Waals surface area (Å²) in [4.78, 5) is 0. The highest BCUT2D eigenvalue weighted by Crippen LogP contribution is 2.43. The second-order valence-corrected chi connectivity index (χ2v) is 24.9. The lowest BCUT2D eigenvalue weighted by atomic mass is 9.85. The van der Waals surface area contributed by atoms with Gasteiger partial charge in [0.2, 0.25) is 0 Å². The van der Waals surface area contributed by atoms with E-state index in [1.54, 1.807) is 0 Å². The summed E-state index contributed by atoms with van der Waals surface area (Å²) in [5.74, 6) is -1.07. The highest BCUT2D eigenvalue weighted by molar-refractivity contribution is 6.99. The van der Waals surface area contributed by atoms with Crippen LogP contribution in [0.3, 0.4) is 0 Å². The van der Waals surface area contributed by atoms with Crippen molar-refractivity contribution in [2.45, 2.75) is 139 Å². The van der Waals surface area contributed by atoms with Crippen LogP contribution in [0.4, 0.5) is 0 Å². The van der Waals surface area contributed by atoms with Crippen LogP contribution in [0.1, 0.15) is 56.9 Å². The summed E-state index contributed by atoms with van der Waals surface area (Å²) in [5, 5.41) is 27.6. The minimum absolute atomic E-state index is 0.0808. The van der Waals surface area contributed by atoms with E-state index >= 15 is 0 Å². The molecule has 0 aliphatic carbocycles. The van der Waals surface area contributed by atoms with E-state index in [1.165, 1.54) is 0 Å². The number of fused-ring (bicyclic) bond motifs is 1. The molecule has 12 heteroatoms. The summed E-state index contributed by atoms with van der Waals surface area (Å²) in [6.07, 6.45) is -10.9. The van der Waals surface area contributed by atoms with Gasteiger partial charge in [0.1, 0.15) is 67.1 Å². The topological polar surface area (TPSA) is 124 Å². The Morgan fingerprint density at radius 2 is 0.903 bits per heavy atom. The molecule has 0 radical (unpaired) electrons. The van der Waals surface area contributed by atoms with Crippen molar-refractivity contribution in [3.8, 4) is 0 Å².